The first-order chi connectivity index (χ1) is 14.6. The van der Waals surface area contributed by atoms with Crippen LogP contribution in [0, 0.1) is 5.82 Å². The maximum atomic E-state index is 13.6. The van der Waals surface area contributed by atoms with Crippen molar-refractivity contribution >= 4 is 33.3 Å². The molecule has 0 amide bonds. The quantitative estimate of drug-likeness (QED) is 0.323. The number of rotatable bonds is 5. The number of furan rings is 1. The van der Waals surface area contributed by atoms with Gasteiger partial charge in [0.05, 0.1) is 0 Å². The standard InChI is InChI=1S/C28H32FNO/c1-7-16-28(5,6)30(21-11-9-20(29)10-12-21)22-13-15-24-23-14-8-19(27(2,3)4)17-25(23)31-26(24)18-22/h8-15,17-18H,7,16H2,1-6H3. The van der Waals surface area contributed by atoms with Crippen molar-refractivity contribution in [3.63, 3.8) is 0 Å². The van der Waals surface area contributed by atoms with E-state index < -0.39 is 0 Å². The first-order valence-electron chi connectivity index (χ1n) is 11.1. The number of benzene rings is 3. The van der Waals surface area contributed by atoms with Gasteiger partial charge in [-0.3, -0.25) is 0 Å². The Kier molecular flexibility index (Phi) is 5.33. The third-order valence-corrected chi connectivity index (χ3v) is 6.13. The normalized spacial score (nSPS) is 12.6. The predicted octanol–water partition coefficient (Wildman–Crippen LogP) is 8.74. The number of anilines is 2. The molecule has 0 saturated carbocycles. The van der Waals surface area contributed by atoms with E-state index in [0.717, 1.165) is 46.2 Å². The van der Waals surface area contributed by atoms with Gasteiger partial charge < -0.3 is 9.32 Å². The van der Waals surface area contributed by atoms with E-state index in [-0.39, 0.29) is 16.8 Å². The van der Waals surface area contributed by atoms with E-state index in [0.29, 0.717) is 0 Å². The van der Waals surface area contributed by atoms with Crippen LogP contribution in [0.2, 0.25) is 0 Å². The summed E-state index contributed by atoms with van der Waals surface area (Å²) in [6.45, 7) is 13.3. The minimum atomic E-state index is -0.223. The van der Waals surface area contributed by atoms with E-state index in [1.165, 1.54) is 17.7 Å². The zero-order valence-corrected chi connectivity index (χ0v) is 19.4. The molecule has 0 aliphatic heterocycles. The maximum Gasteiger partial charge on any atom is 0.137 e. The van der Waals surface area contributed by atoms with E-state index in [1.54, 1.807) is 0 Å². The average Bonchev–Trinajstić information content (AvgIpc) is 3.06. The number of halogens is 1. The Morgan fingerprint density at radius 3 is 1.97 bits per heavy atom. The van der Waals surface area contributed by atoms with Gasteiger partial charge in [-0.2, -0.15) is 0 Å². The van der Waals surface area contributed by atoms with E-state index >= 15 is 0 Å². The predicted molar refractivity (Wildman–Crippen MR) is 130 cm³/mol. The number of fused-ring (bicyclic) bond motifs is 3. The Morgan fingerprint density at radius 2 is 1.35 bits per heavy atom. The van der Waals surface area contributed by atoms with Crippen LogP contribution in [0.5, 0.6) is 0 Å². The van der Waals surface area contributed by atoms with Gasteiger partial charge in [0.15, 0.2) is 0 Å². The van der Waals surface area contributed by atoms with Crippen molar-refractivity contribution in [1.29, 1.82) is 0 Å². The van der Waals surface area contributed by atoms with Crippen LogP contribution in [-0.4, -0.2) is 5.54 Å². The minimum absolute atomic E-state index is 0.0713. The molecule has 4 aromatic rings. The lowest BCUT2D eigenvalue weighted by atomic mass is 9.87. The number of hydrogen-bond donors (Lipinski definition) is 0. The Labute approximate surface area is 184 Å². The van der Waals surface area contributed by atoms with Gasteiger partial charge in [-0.1, -0.05) is 46.2 Å². The molecule has 3 heteroatoms. The SMILES string of the molecule is CCCC(C)(C)N(c1ccc(F)cc1)c1ccc2c(c1)oc1cc(C(C)(C)C)ccc12. The van der Waals surface area contributed by atoms with Crippen LogP contribution in [0.3, 0.4) is 0 Å². The summed E-state index contributed by atoms with van der Waals surface area (Å²) in [4.78, 5) is 2.29. The second-order valence-corrected chi connectivity index (χ2v) is 10.1. The molecule has 0 bridgehead atoms. The van der Waals surface area contributed by atoms with Crippen molar-refractivity contribution in [3.8, 4) is 0 Å². The van der Waals surface area contributed by atoms with Crippen molar-refractivity contribution in [2.24, 2.45) is 0 Å². The fourth-order valence-corrected chi connectivity index (χ4v) is 4.53. The second-order valence-electron chi connectivity index (χ2n) is 10.1. The van der Waals surface area contributed by atoms with Gasteiger partial charge in [-0.05, 0) is 73.7 Å². The highest BCUT2D eigenvalue weighted by molar-refractivity contribution is 6.06. The van der Waals surface area contributed by atoms with E-state index in [9.17, 15) is 4.39 Å². The molecule has 0 spiro atoms. The highest BCUT2D eigenvalue weighted by atomic mass is 19.1. The lowest BCUT2D eigenvalue weighted by Crippen LogP contribution is -2.40. The topological polar surface area (TPSA) is 16.4 Å². The zero-order valence-electron chi connectivity index (χ0n) is 19.4. The van der Waals surface area contributed by atoms with Gasteiger partial charge in [-0.25, -0.2) is 4.39 Å². The molecule has 31 heavy (non-hydrogen) atoms. The van der Waals surface area contributed by atoms with E-state index in [4.69, 9.17) is 4.42 Å². The van der Waals surface area contributed by atoms with Crippen LogP contribution < -0.4 is 4.90 Å². The van der Waals surface area contributed by atoms with Crippen LogP contribution in [0.4, 0.5) is 15.8 Å². The third-order valence-electron chi connectivity index (χ3n) is 6.13. The zero-order chi connectivity index (χ0) is 22.4. The van der Waals surface area contributed by atoms with Crippen molar-refractivity contribution < 1.29 is 8.81 Å². The van der Waals surface area contributed by atoms with Crippen molar-refractivity contribution in [3.05, 3.63) is 72.0 Å². The molecular weight excluding hydrogens is 385 g/mol. The van der Waals surface area contributed by atoms with Gasteiger partial charge in [0, 0.05) is 33.8 Å². The molecule has 0 saturated heterocycles. The minimum Gasteiger partial charge on any atom is -0.456 e. The number of hydrogen-bond acceptors (Lipinski definition) is 2. The monoisotopic (exact) mass is 417 g/mol. The molecule has 1 aromatic heterocycles. The van der Waals surface area contributed by atoms with Crippen LogP contribution in [0.25, 0.3) is 21.9 Å². The van der Waals surface area contributed by atoms with Crippen LogP contribution in [-0.2, 0) is 5.41 Å². The molecule has 3 aromatic carbocycles. The lowest BCUT2D eigenvalue weighted by molar-refractivity contribution is 0.459. The first-order valence-corrected chi connectivity index (χ1v) is 11.1. The van der Waals surface area contributed by atoms with Gasteiger partial charge in [-0.15, -0.1) is 0 Å². The second kappa shape index (κ2) is 7.71. The summed E-state index contributed by atoms with van der Waals surface area (Å²) in [5, 5.41) is 2.25. The van der Waals surface area contributed by atoms with Crippen LogP contribution in [0.1, 0.15) is 59.9 Å². The molecule has 0 fully saturated rings. The summed E-state index contributed by atoms with van der Waals surface area (Å²) in [6.07, 6.45) is 2.07. The van der Waals surface area contributed by atoms with Crippen molar-refractivity contribution in [1.82, 2.24) is 0 Å². The molecule has 0 N–H and O–H groups in total. The smallest absolute Gasteiger partial charge is 0.137 e. The average molecular weight is 418 g/mol. The highest BCUT2D eigenvalue weighted by Gasteiger charge is 2.28. The maximum absolute atomic E-state index is 13.6. The van der Waals surface area contributed by atoms with Crippen LogP contribution >= 0.6 is 0 Å². The van der Waals surface area contributed by atoms with E-state index in [1.807, 2.05) is 12.1 Å². The molecule has 0 atom stereocenters. The Balaban J connectivity index is 1.86. The summed E-state index contributed by atoms with van der Waals surface area (Å²) in [6, 6.07) is 19.7. The molecule has 162 valence electrons. The molecule has 2 nitrogen and oxygen atoms in total. The summed E-state index contributed by atoms with van der Waals surface area (Å²) in [7, 11) is 0. The Bertz CT molecular complexity index is 1210. The fraction of sp³-hybridized carbons (Fsp3) is 0.357. The van der Waals surface area contributed by atoms with Gasteiger partial charge in [0.2, 0.25) is 0 Å². The summed E-state index contributed by atoms with van der Waals surface area (Å²) in [5.74, 6) is -0.223. The van der Waals surface area contributed by atoms with Crippen molar-refractivity contribution in [2.45, 2.75) is 65.3 Å². The third kappa shape index (κ3) is 4.06. The van der Waals surface area contributed by atoms with Gasteiger partial charge in [0.25, 0.3) is 0 Å². The summed E-state index contributed by atoms with van der Waals surface area (Å²) < 4.78 is 19.9. The number of nitrogens with zero attached hydrogens (tertiary/aromatic N) is 1. The molecule has 0 aliphatic rings. The molecule has 0 aliphatic carbocycles. The van der Waals surface area contributed by atoms with Crippen molar-refractivity contribution in [2.75, 3.05) is 4.90 Å². The Morgan fingerprint density at radius 1 is 0.774 bits per heavy atom. The Hall–Kier alpha value is -2.81. The molecule has 0 unspecified atom stereocenters. The van der Waals surface area contributed by atoms with Gasteiger partial charge >= 0.3 is 0 Å². The summed E-state index contributed by atoms with van der Waals surface area (Å²) in [5.41, 5.74) is 5.01. The van der Waals surface area contributed by atoms with Crippen LogP contribution in [0.15, 0.2) is 65.1 Å². The highest BCUT2D eigenvalue weighted by Crippen LogP contribution is 2.39. The molecule has 0 radical (unpaired) electrons. The molecular formula is C28H32FNO. The molecule has 4 rings (SSSR count). The van der Waals surface area contributed by atoms with E-state index in [2.05, 4.69) is 82.8 Å². The fourth-order valence-electron chi connectivity index (χ4n) is 4.53. The lowest BCUT2D eigenvalue weighted by Gasteiger charge is -2.40. The summed E-state index contributed by atoms with van der Waals surface area (Å²) >= 11 is 0. The molecule has 1 heterocycles. The van der Waals surface area contributed by atoms with Gasteiger partial charge in [0.1, 0.15) is 17.0 Å². The first kappa shape index (κ1) is 21.4. The largest absolute Gasteiger partial charge is 0.456 e.